The fourth-order valence-corrected chi connectivity index (χ4v) is 4.88. The molecule has 0 aliphatic rings. The van der Waals surface area contributed by atoms with Crippen molar-refractivity contribution in [2.75, 3.05) is 30.8 Å². The van der Waals surface area contributed by atoms with Crippen LogP contribution >= 0.6 is 34.8 Å². The molecule has 1 atom stereocenters. The van der Waals surface area contributed by atoms with Crippen molar-refractivity contribution >= 4 is 62.3 Å². The summed E-state index contributed by atoms with van der Waals surface area (Å²) in [7, 11) is -2.56. The van der Waals surface area contributed by atoms with Crippen LogP contribution in [0.4, 0.5) is 5.69 Å². The first kappa shape index (κ1) is 30.0. The minimum absolute atomic E-state index is 0.0402. The lowest BCUT2D eigenvalue weighted by molar-refractivity contribution is -0.139. The first-order valence-electron chi connectivity index (χ1n) is 11.2. The van der Waals surface area contributed by atoms with Crippen LogP contribution in [0.15, 0.2) is 36.4 Å². The van der Waals surface area contributed by atoms with Crippen LogP contribution in [0.3, 0.4) is 0 Å². The van der Waals surface area contributed by atoms with E-state index in [0.717, 1.165) is 23.4 Å². The zero-order valence-electron chi connectivity index (χ0n) is 20.6. The molecule has 2 aromatic rings. The van der Waals surface area contributed by atoms with Gasteiger partial charge in [-0.2, -0.15) is 0 Å². The number of nitrogens with zero attached hydrogens (tertiary/aromatic N) is 2. The second-order valence-corrected chi connectivity index (χ2v) is 11.4. The summed E-state index contributed by atoms with van der Waals surface area (Å²) in [6, 6.07) is 8.35. The number of carbonyl (C=O) groups is 2. The third-order valence-electron chi connectivity index (χ3n) is 5.44. The van der Waals surface area contributed by atoms with Gasteiger partial charge in [0.25, 0.3) is 0 Å². The average Bonchev–Trinajstić information content (AvgIpc) is 2.80. The summed E-state index contributed by atoms with van der Waals surface area (Å²) in [4.78, 5) is 27.8. The molecule has 0 aliphatic heterocycles. The maximum absolute atomic E-state index is 13.6. The Morgan fingerprint density at radius 3 is 2.31 bits per heavy atom. The lowest BCUT2D eigenvalue weighted by Crippen LogP contribution is -2.51. The summed E-state index contributed by atoms with van der Waals surface area (Å²) in [6.07, 6.45) is 2.65. The minimum Gasteiger partial charge on any atom is -0.495 e. The van der Waals surface area contributed by atoms with Gasteiger partial charge in [0.15, 0.2) is 0 Å². The molecule has 198 valence electrons. The number of methoxy groups -OCH3 is 1. The van der Waals surface area contributed by atoms with E-state index in [1.165, 1.54) is 30.2 Å². The highest BCUT2D eigenvalue weighted by atomic mass is 35.5. The molecule has 2 aromatic carbocycles. The van der Waals surface area contributed by atoms with Gasteiger partial charge in [0, 0.05) is 28.2 Å². The quantitative estimate of drug-likeness (QED) is 0.367. The Bertz CT molecular complexity index is 1190. The number of benzene rings is 2. The maximum atomic E-state index is 13.6. The van der Waals surface area contributed by atoms with E-state index < -0.39 is 28.5 Å². The molecule has 12 heteroatoms. The molecule has 0 fully saturated rings. The number of sulfonamides is 1. The van der Waals surface area contributed by atoms with Gasteiger partial charge in [0.1, 0.15) is 18.3 Å². The number of halogens is 3. The summed E-state index contributed by atoms with van der Waals surface area (Å²) in [5, 5.41) is 3.81. The molecule has 0 spiro atoms. The predicted molar refractivity (Wildman–Crippen MR) is 145 cm³/mol. The smallest absolute Gasteiger partial charge is 0.244 e. The molecule has 2 rings (SSSR count). The van der Waals surface area contributed by atoms with Gasteiger partial charge in [-0.05, 0) is 49.2 Å². The van der Waals surface area contributed by atoms with Crippen molar-refractivity contribution in [3.63, 3.8) is 0 Å². The van der Waals surface area contributed by atoms with E-state index in [4.69, 9.17) is 39.5 Å². The van der Waals surface area contributed by atoms with Crippen LogP contribution in [0.2, 0.25) is 15.1 Å². The number of anilines is 1. The van der Waals surface area contributed by atoms with Gasteiger partial charge < -0.3 is 15.0 Å². The largest absolute Gasteiger partial charge is 0.495 e. The van der Waals surface area contributed by atoms with Crippen molar-refractivity contribution in [3.8, 4) is 5.75 Å². The molecule has 0 aromatic heterocycles. The highest BCUT2D eigenvalue weighted by Crippen LogP contribution is 2.33. The number of amides is 2. The normalized spacial score (nSPS) is 12.1. The van der Waals surface area contributed by atoms with E-state index in [0.29, 0.717) is 22.2 Å². The van der Waals surface area contributed by atoms with Crippen LogP contribution in [0.25, 0.3) is 0 Å². The molecule has 0 radical (unpaired) electrons. The van der Waals surface area contributed by atoms with Crippen molar-refractivity contribution in [2.24, 2.45) is 0 Å². The third kappa shape index (κ3) is 8.16. The van der Waals surface area contributed by atoms with E-state index in [-0.39, 0.29) is 28.9 Å². The van der Waals surface area contributed by atoms with Gasteiger partial charge in [-0.1, -0.05) is 54.2 Å². The predicted octanol–water partition coefficient (Wildman–Crippen LogP) is 4.76. The fourth-order valence-electron chi connectivity index (χ4n) is 3.40. The van der Waals surface area contributed by atoms with E-state index in [2.05, 4.69) is 5.32 Å². The Balaban J connectivity index is 2.46. The first-order chi connectivity index (χ1) is 16.9. The van der Waals surface area contributed by atoms with Crippen LogP contribution in [0.5, 0.6) is 5.75 Å². The summed E-state index contributed by atoms with van der Waals surface area (Å²) in [5.41, 5.74) is 0.652. The van der Waals surface area contributed by atoms with Crippen LogP contribution in [-0.4, -0.2) is 57.6 Å². The maximum Gasteiger partial charge on any atom is 0.244 e. The third-order valence-corrected chi connectivity index (χ3v) is 7.39. The number of carbonyl (C=O) groups excluding carboxylic acids is 2. The summed E-state index contributed by atoms with van der Waals surface area (Å²) in [5.74, 6) is -0.769. The molecule has 1 N–H and O–H groups in total. The number of ether oxygens (including phenoxy) is 1. The van der Waals surface area contributed by atoms with E-state index >= 15 is 0 Å². The molecule has 0 aliphatic carbocycles. The van der Waals surface area contributed by atoms with Crippen molar-refractivity contribution in [1.29, 1.82) is 0 Å². The molecule has 8 nitrogen and oxygen atoms in total. The Morgan fingerprint density at radius 2 is 1.72 bits per heavy atom. The number of hydrogen-bond acceptors (Lipinski definition) is 5. The topological polar surface area (TPSA) is 96.0 Å². The molecular formula is C24H30Cl3N3O5S. The van der Waals surface area contributed by atoms with Gasteiger partial charge in [-0.15, -0.1) is 0 Å². The van der Waals surface area contributed by atoms with Gasteiger partial charge in [-0.25, -0.2) is 8.42 Å². The number of unbranched alkanes of at least 4 members (excludes halogenated alkanes) is 1. The van der Waals surface area contributed by atoms with Crippen LogP contribution < -0.4 is 14.4 Å². The van der Waals surface area contributed by atoms with Gasteiger partial charge in [0.2, 0.25) is 21.8 Å². The van der Waals surface area contributed by atoms with Crippen molar-refractivity contribution in [3.05, 3.63) is 57.0 Å². The molecular weight excluding hydrogens is 549 g/mol. The highest BCUT2D eigenvalue weighted by Gasteiger charge is 2.31. The van der Waals surface area contributed by atoms with Gasteiger partial charge in [-0.3, -0.25) is 13.9 Å². The second kappa shape index (κ2) is 13.4. The molecule has 0 unspecified atom stereocenters. The number of nitrogens with one attached hydrogen (secondary N) is 1. The van der Waals surface area contributed by atoms with Crippen molar-refractivity contribution < 1.29 is 22.7 Å². The highest BCUT2D eigenvalue weighted by molar-refractivity contribution is 7.92. The summed E-state index contributed by atoms with van der Waals surface area (Å²) < 4.78 is 31.7. The SMILES string of the molecule is CCCCNC(=O)[C@H](C)N(Cc1ccc(Cl)cc1Cl)C(=O)CN(c1cc(Cl)ccc1OC)S(C)(=O)=O. The summed E-state index contributed by atoms with van der Waals surface area (Å²) >= 11 is 18.4. The second-order valence-electron chi connectivity index (χ2n) is 8.16. The fraction of sp³-hybridized carbons (Fsp3) is 0.417. The molecule has 0 heterocycles. The Hall–Kier alpha value is -2.20. The molecule has 0 saturated heterocycles. The van der Waals surface area contributed by atoms with Gasteiger partial charge in [0.05, 0.1) is 19.1 Å². The zero-order chi connectivity index (χ0) is 27.0. The van der Waals surface area contributed by atoms with Crippen LogP contribution in [0, 0.1) is 0 Å². The molecule has 0 bridgehead atoms. The number of rotatable bonds is 12. The lowest BCUT2D eigenvalue weighted by Gasteiger charge is -2.32. The standard InChI is InChI=1S/C24H30Cl3N3O5S/c1-5-6-11-28-24(32)16(2)29(14-17-7-8-18(25)12-20(17)27)23(31)15-30(36(4,33)34)21-13-19(26)9-10-22(21)35-3/h7-10,12-13,16H,5-6,11,14-15H2,1-4H3,(H,28,32)/t16-/m0/s1. The molecule has 36 heavy (non-hydrogen) atoms. The Labute approximate surface area is 227 Å². The van der Waals surface area contributed by atoms with E-state index in [1.807, 2.05) is 6.92 Å². The first-order valence-corrected chi connectivity index (χ1v) is 14.2. The van der Waals surface area contributed by atoms with E-state index in [9.17, 15) is 18.0 Å². The van der Waals surface area contributed by atoms with Gasteiger partial charge >= 0.3 is 0 Å². The van der Waals surface area contributed by atoms with Crippen molar-refractivity contribution in [2.45, 2.75) is 39.3 Å². The average molecular weight is 579 g/mol. The summed E-state index contributed by atoms with van der Waals surface area (Å²) in [6.45, 7) is 3.40. The molecule has 0 saturated carbocycles. The minimum atomic E-state index is -3.94. The Kier molecular flexibility index (Phi) is 11.2. The lowest BCUT2D eigenvalue weighted by atomic mass is 10.1. The molecule has 2 amide bonds. The number of hydrogen-bond donors (Lipinski definition) is 1. The van der Waals surface area contributed by atoms with Crippen molar-refractivity contribution in [1.82, 2.24) is 10.2 Å². The van der Waals surface area contributed by atoms with Crippen LogP contribution in [-0.2, 0) is 26.2 Å². The zero-order valence-corrected chi connectivity index (χ0v) is 23.6. The Morgan fingerprint density at radius 1 is 1.08 bits per heavy atom. The van der Waals surface area contributed by atoms with E-state index in [1.54, 1.807) is 25.1 Å². The van der Waals surface area contributed by atoms with Crippen LogP contribution in [0.1, 0.15) is 32.3 Å². The monoisotopic (exact) mass is 577 g/mol.